The zero-order chi connectivity index (χ0) is 27.4. The van der Waals surface area contributed by atoms with E-state index in [1.54, 1.807) is 19.9 Å². The number of para-hydroxylation sites is 1. The molecule has 1 aromatic heterocycles. The molecule has 0 spiro atoms. The number of aromatic amines is 1. The molecule has 0 unspecified atom stereocenters. The third kappa shape index (κ3) is 5.84. The first-order valence-corrected chi connectivity index (χ1v) is 12.1. The van der Waals surface area contributed by atoms with Crippen LogP contribution in [0, 0.1) is 11.8 Å². The molecule has 4 rings (SSSR count). The first-order chi connectivity index (χ1) is 18.1. The lowest BCUT2D eigenvalue weighted by atomic mass is 9.88. The van der Waals surface area contributed by atoms with Crippen molar-refractivity contribution in [3.05, 3.63) is 100 Å². The maximum atomic E-state index is 13.4. The number of benzene rings is 3. The van der Waals surface area contributed by atoms with Crippen molar-refractivity contribution in [3.8, 4) is 17.6 Å². The second-order valence-corrected chi connectivity index (χ2v) is 9.21. The van der Waals surface area contributed by atoms with Gasteiger partial charge in [-0.05, 0) is 56.2 Å². The molecule has 8 heteroatoms. The molecule has 1 atom stereocenters. The van der Waals surface area contributed by atoms with Gasteiger partial charge in [0.1, 0.15) is 5.75 Å². The Balaban J connectivity index is 1.84. The van der Waals surface area contributed by atoms with Crippen molar-refractivity contribution in [3.63, 3.8) is 0 Å². The fourth-order valence-electron chi connectivity index (χ4n) is 4.39. The van der Waals surface area contributed by atoms with Crippen LogP contribution in [0.3, 0.4) is 0 Å². The van der Waals surface area contributed by atoms with Gasteiger partial charge in [-0.2, -0.15) is 13.2 Å². The standard InChI is InChI=1S/C30H27F3N2O3/c1-18(2)38-28-24(22(17-36)15-21-16-35-27-10-6-4-8-23(21)27)13-19(14-25(28)29(34)37)11-12-20-7-3-5-9-26(20)30(31,32)33/h3-10,13-14,16,18,22,35-36H,15,17H2,1-2H3,(H2,34,37)/t22-/m0/s1. The summed E-state index contributed by atoms with van der Waals surface area (Å²) in [5.41, 5.74) is 7.35. The van der Waals surface area contributed by atoms with Crippen molar-refractivity contribution in [2.24, 2.45) is 5.73 Å². The van der Waals surface area contributed by atoms with Gasteiger partial charge in [0.25, 0.3) is 5.91 Å². The van der Waals surface area contributed by atoms with Gasteiger partial charge in [0.15, 0.2) is 0 Å². The number of nitrogens with one attached hydrogen (secondary N) is 1. The quantitative estimate of drug-likeness (QED) is 0.270. The van der Waals surface area contributed by atoms with Crippen LogP contribution < -0.4 is 10.5 Å². The van der Waals surface area contributed by atoms with E-state index in [9.17, 15) is 23.1 Å². The summed E-state index contributed by atoms with van der Waals surface area (Å²) >= 11 is 0. The number of carbonyl (C=O) groups is 1. The van der Waals surface area contributed by atoms with Gasteiger partial charge in [-0.3, -0.25) is 4.79 Å². The minimum Gasteiger partial charge on any atom is -0.490 e. The summed E-state index contributed by atoms with van der Waals surface area (Å²) in [4.78, 5) is 15.7. The smallest absolute Gasteiger partial charge is 0.417 e. The van der Waals surface area contributed by atoms with E-state index in [0.29, 0.717) is 12.0 Å². The number of rotatable bonds is 7. The number of primary amides is 1. The number of ether oxygens (including phenoxy) is 1. The molecule has 0 aliphatic heterocycles. The first-order valence-electron chi connectivity index (χ1n) is 12.1. The minimum atomic E-state index is -4.56. The number of amides is 1. The maximum Gasteiger partial charge on any atom is 0.417 e. The van der Waals surface area contributed by atoms with E-state index in [0.717, 1.165) is 22.5 Å². The number of H-pyrrole nitrogens is 1. The Labute approximate surface area is 218 Å². The van der Waals surface area contributed by atoms with Gasteiger partial charge in [0.05, 0.1) is 23.8 Å². The molecule has 0 radical (unpaired) electrons. The van der Waals surface area contributed by atoms with Crippen molar-refractivity contribution >= 4 is 16.8 Å². The van der Waals surface area contributed by atoms with Crippen LogP contribution in [0.5, 0.6) is 5.75 Å². The average molecular weight is 521 g/mol. The molecular formula is C30H27F3N2O3. The minimum absolute atomic E-state index is 0.0435. The molecule has 0 aliphatic carbocycles. The number of hydrogen-bond acceptors (Lipinski definition) is 3. The molecule has 38 heavy (non-hydrogen) atoms. The number of fused-ring (bicyclic) bond motifs is 1. The molecule has 3 aromatic carbocycles. The first kappa shape index (κ1) is 26.8. The Morgan fingerprint density at radius 3 is 2.47 bits per heavy atom. The molecule has 0 fully saturated rings. The van der Waals surface area contributed by atoms with Crippen molar-refractivity contribution in [1.82, 2.24) is 4.98 Å². The topological polar surface area (TPSA) is 88.3 Å². The lowest BCUT2D eigenvalue weighted by Gasteiger charge is -2.23. The summed E-state index contributed by atoms with van der Waals surface area (Å²) in [7, 11) is 0. The summed E-state index contributed by atoms with van der Waals surface area (Å²) < 4.78 is 46.3. The number of alkyl halides is 3. The van der Waals surface area contributed by atoms with Crippen LogP contribution in [0.2, 0.25) is 0 Å². The number of hydrogen-bond donors (Lipinski definition) is 3. The Morgan fingerprint density at radius 2 is 1.79 bits per heavy atom. The second-order valence-electron chi connectivity index (χ2n) is 9.21. The van der Waals surface area contributed by atoms with Gasteiger partial charge in [-0.25, -0.2) is 0 Å². The normalized spacial score (nSPS) is 12.3. The molecule has 0 aliphatic rings. The fourth-order valence-corrected chi connectivity index (χ4v) is 4.39. The van der Waals surface area contributed by atoms with Gasteiger partial charge >= 0.3 is 6.18 Å². The molecular weight excluding hydrogens is 493 g/mol. The molecule has 196 valence electrons. The highest BCUT2D eigenvalue weighted by atomic mass is 19.4. The monoisotopic (exact) mass is 520 g/mol. The molecule has 0 bridgehead atoms. The van der Waals surface area contributed by atoms with Gasteiger partial charge in [0, 0.05) is 39.7 Å². The van der Waals surface area contributed by atoms with Crippen molar-refractivity contribution in [2.45, 2.75) is 38.5 Å². The zero-order valence-corrected chi connectivity index (χ0v) is 20.9. The van der Waals surface area contributed by atoms with E-state index in [2.05, 4.69) is 16.8 Å². The van der Waals surface area contributed by atoms with Gasteiger partial charge in [-0.1, -0.05) is 42.2 Å². The van der Waals surface area contributed by atoms with Gasteiger partial charge < -0.3 is 20.6 Å². The number of aromatic nitrogens is 1. The molecule has 1 amide bonds. The van der Waals surface area contributed by atoms with E-state index in [1.165, 1.54) is 24.3 Å². The predicted octanol–water partition coefficient (Wildman–Crippen LogP) is 5.79. The van der Waals surface area contributed by atoms with Crippen molar-refractivity contribution < 1.29 is 27.8 Å². The number of aliphatic hydroxyl groups excluding tert-OH is 1. The highest BCUT2D eigenvalue weighted by Gasteiger charge is 2.32. The Morgan fingerprint density at radius 1 is 1.08 bits per heavy atom. The third-order valence-corrected chi connectivity index (χ3v) is 6.11. The van der Waals surface area contributed by atoms with Crippen molar-refractivity contribution in [1.29, 1.82) is 0 Å². The molecule has 0 saturated heterocycles. The molecule has 1 heterocycles. The zero-order valence-electron chi connectivity index (χ0n) is 20.9. The summed E-state index contributed by atoms with van der Waals surface area (Å²) in [6, 6.07) is 15.8. The molecule has 5 nitrogen and oxygen atoms in total. The SMILES string of the molecule is CC(C)Oc1c(C(N)=O)cc(C#Cc2ccccc2C(F)(F)F)cc1[C@H](CO)Cc1c[nH]c2ccccc12. The number of carbonyl (C=O) groups excluding carboxylic acids is 1. The van der Waals surface area contributed by atoms with Crippen LogP contribution in [-0.2, 0) is 12.6 Å². The lowest BCUT2D eigenvalue weighted by molar-refractivity contribution is -0.137. The third-order valence-electron chi connectivity index (χ3n) is 6.11. The van der Waals surface area contributed by atoms with Crippen LogP contribution in [-0.4, -0.2) is 28.7 Å². The van der Waals surface area contributed by atoms with E-state index in [4.69, 9.17) is 10.5 Å². The summed E-state index contributed by atoms with van der Waals surface area (Å²) in [5, 5.41) is 11.4. The fraction of sp³-hybridized carbons (Fsp3) is 0.233. The molecule has 0 saturated carbocycles. The van der Waals surface area contributed by atoms with Crippen LogP contribution in [0.1, 0.15) is 57.9 Å². The summed E-state index contributed by atoms with van der Waals surface area (Å²) in [6.07, 6.45) is -2.61. The number of halogens is 3. The van der Waals surface area contributed by atoms with Crippen LogP contribution in [0.15, 0.2) is 66.9 Å². The largest absolute Gasteiger partial charge is 0.490 e. The van der Waals surface area contributed by atoms with E-state index < -0.39 is 23.6 Å². The van der Waals surface area contributed by atoms with E-state index in [-0.39, 0.29) is 35.2 Å². The number of aliphatic hydroxyl groups is 1. The second kappa shape index (κ2) is 11.0. The van der Waals surface area contributed by atoms with Crippen molar-refractivity contribution in [2.75, 3.05) is 6.61 Å². The van der Waals surface area contributed by atoms with Gasteiger partial charge in [0.2, 0.25) is 0 Å². The van der Waals surface area contributed by atoms with Gasteiger partial charge in [-0.15, -0.1) is 0 Å². The number of nitrogens with two attached hydrogens (primary N) is 1. The maximum absolute atomic E-state index is 13.4. The summed E-state index contributed by atoms with van der Waals surface area (Å²) in [6.45, 7) is 3.31. The average Bonchev–Trinajstić information content (AvgIpc) is 3.28. The Kier molecular flexibility index (Phi) is 7.79. The highest BCUT2D eigenvalue weighted by molar-refractivity contribution is 5.96. The Bertz CT molecular complexity index is 1530. The van der Waals surface area contributed by atoms with Crippen LogP contribution >= 0.6 is 0 Å². The summed E-state index contributed by atoms with van der Waals surface area (Å²) in [5.74, 6) is 4.29. The molecule has 4 N–H and O–H groups in total. The highest BCUT2D eigenvalue weighted by Crippen LogP contribution is 2.36. The van der Waals surface area contributed by atoms with Crippen LogP contribution in [0.4, 0.5) is 13.2 Å². The van der Waals surface area contributed by atoms with E-state index >= 15 is 0 Å². The Hall–Kier alpha value is -4.22. The molecule has 4 aromatic rings. The lowest BCUT2D eigenvalue weighted by Crippen LogP contribution is -2.19. The van der Waals surface area contributed by atoms with Crippen LogP contribution in [0.25, 0.3) is 10.9 Å². The van der Waals surface area contributed by atoms with E-state index in [1.807, 2.05) is 30.5 Å². The predicted molar refractivity (Wildman–Crippen MR) is 140 cm³/mol.